The van der Waals surface area contributed by atoms with Gasteiger partial charge in [0.1, 0.15) is 12.2 Å². The first-order valence-corrected chi connectivity index (χ1v) is 7.52. The first-order valence-electron chi connectivity index (χ1n) is 7.52. The molecule has 2 saturated heterocycles. The molecule has 0 radical (unpaired) electrons. The van der Waals surface area contributed by atoms with Crippen molar-refractivity contribution in [2.45, 2.75) is 39.3 Å². The molecule has 7 heteroatoms. The number of amides is 4. The predicted molar refractivity (Wildman–Crippen MR) is 84.1 cm³/mol. The minimum Gasteiger partial charge on any atom is -0.477 e. The van der Waals surface area contributed by atoms with Crippen molar-refractivity contribution in [3.63, 3.8) is 0 Å². The van der Waals surface area contributed by atoms with Gasteiger partial charge in [-0.05, 0) is 39.8 Å². The fourth-order valence-corrected chi connectivity index (χ4v) is 2.92. The van der Waals surface area contributed by atoms with Gasteiger partial charge in [0, 0.05) is 20.1 Å². The molecule has 0 N–H and O–H groups in total. The van der Waals surface area contributed by atoms with Crippen LogP contribution in [0.2, 0.25) is 0 Å². The number of ether oxygens (including phenoxy) is 1. The summed E-state index contributed by atoms with van der Waals surface area (Å²) in [6, 6.07) is -0.423. The number of imide groups is 2. The predicted octanol–water partition coefficient (Wildman–Crippen LogP) is 1.32. The van der Waals surface area contributed by atoms with Crippen LogP contribution in [-0.2, 0) is 14.3 Å². The van der Waals surface area contributed by atoms with E-state index in [1.807, 2.05) is 0 Å². The zero-order valence-corrected chi connectivity index (χ0v) is 14.4. The second-order valence-electron chi connectivity index (χ2n) is 6.66. The van der Waals surface area contributed by atoms with Gasteiger partial charge in [0.05, 0.1) is 5.54 Å². The Bertz CT molecular complexity index is 593. The molecule has 2 fully saturated rings. The Hall–Kier alpha value is -2.31. The van der Waals surface area contributed by atoms with Crippen LogP contribution in [0.25, 0.3) is 0 Å². The van der Waals surface area contributed by atoms with Gasteiger partial charge in [-0.2, -0.15) is 0 Å². The Balaban J connectivity index is 2.36. The average molecular weight is 321 g/mol. The zero-order valence-electron chi connectivity index (χ0n) is 14.4. The molecule has 0 aliphatic carbocycles. The molecule has 0 aromatic carbocycles. The van der Waals surface area contributed by atoms with Gasteiger partial charge in [0.25, 0.3) is 11.8 Å². The highest BCUT2D eigenvalue weighted by molar-refractivity contribution is 6.28. The Kier molecular flexibility index (Phi) is 4.24. The van der Waals surface area contributed by atoms with E-state index in [2.05, 4.69) is 32.6 Å². The van der Waals surface area contributed by atoms with Crippen LogP contribution >= 0.6 is 0 Å². The van der Waals surface area contributed by atoms with Gasteiger partial charge in [0.2, 0.25) is 0 Å². The molecule has 0 bridgehead atoms. The molecule has 0 aromatic rings. The molecule has 0 aromatic heterocycles. The Labute approximate surface area is 136 Å². The van der Waals surface area contributed by atoms with Crippen LogP contribution in [0.4, 0.5) is 4.79 Å². The summed E-state index contributed by atoms with van der Waals surface area (Å²) in [5.74, 6) is -0.605. The largest absolute Gasteiger partial charge is 0.477 e. The average Bonchev–Trinajstić information content (AvgIpc) is 2.78. The number of nitrogens with zero attached hydrogens (tertiary/aromatic N) is 3. The maximum absolute atomic E-state index is 12.1. The number of hydrogen-bond donors (Lipinski definition) is 0. The fourth-order valence-electron chi connectivity index (χ4n) is 2.92. The Morgan fingerprint density at radius 2 is 1.57 bits per heavy atom. The van der Waals surface area contributed by atoms with Gasteiger partial charge >= 0.3 is 6.03 Å². The number of rotatable bonds is 2. The summed E-state index contributed by atoms with van der Waals surface area (Å²) < 4.78 is 5.70. The van der Waals surface area contributed by atoms with Crippen molar-refractivity contribution in [3.05, 3.63) is 23.6 Å². The summed E-state index contributed by atoms with van der Waals surface area (Å²) >= 11 is 0. The van der Waals surface area contributed by atoms with E-state index < -0.39 is 17.8 Å². The Morgan fingerprint density at radius 1 is 1.04 bits per heavy atom. The molecular formula is C16H23N3O4. The van der Waals surface area contributed by atoms with E-state index in [0.717, 1.165) is 9.80 Å². The fraction of sp³-hybridized carbons (Fsp3) is 0.562. The maximum atomic E-state index is 12.1. The standard InChI is InChI=1S/C16H23N3O4/c1-10(2)19-12(23-9-16(19,3)4)8-7-11-13(20)17(5)15(22)18(6)14(11)21/h7-8,10H,9H2,1-6H3/b12-8-. The molecule has 0 unspecified atom stereocenters. The summed E-state index contributed by atoms with van der Waals surface area (Å²) in [6.45, 7) is 8.76. The van der Waals surface area contributed by atoms with Gasteiger partial charge in [-0.1, -0.05) is 0 Å². The van der Waals surface area contributed by atoms with E-state index in [1.165, 1.54) is 20.2 Å². The van der Waals surface area contributed by atoms with E-state index in [0.29, 0.717) is 12.5 Å². The van der Waals surface area contributed by atoms with Gasteiger partial charge < -0.3 is 9.64 Å². The third-order valence-electron chi connectivity index (χ3n) is 4.02. The number of urea groups is 1. The van der Waals surface area contributed by atoms with Crippen LogP contribution in [0.5, 0.6) is 0 Å². The highest BCUT2D eigenvalue weighted by Crippen LogP contribution is 2.32. The van der Waals surface area contributed by atoms with Crippen LogP contribution in [0.3, 0.4) is 0 Å². The first-order chi connectivity index (χ1) is 10.6. The number of carbonyl (C=O) groups is 3. The van der Waals surface area contributed by atoms with Crippen molar-refractivity contribution in [1.82, 2.24) is 14.7 Å². The van der Waals surface area contributed by atoms with Gasteiger partial charge in [0.15, 0.2) is 5.88 Å². The van der Waals surface area contributed by atoms with E-state index in [1.54, 1.807) is 6.08 Å². The SMILES string of the molecule is CC(C)N1/C(=C/C=C2C(=O)N(C)C(=O)N(C)C2=O)OCC1(C)C. The summed E-state index contributed by atoms with van der Waals surface area (Å²) in [5.41, 5.74) is -0.220. The lowest BCUT2D eigenvalue weighted by Crippen LogP contribution is -2.53. The topological polar surface area (TPSA) is 70.2 Å². The summed E-state index contributed by atoms with van der Waals surface area (Å²) in [5, 5.41) is 0. The van der Waals surface area contributed by atoms with E-state index in [9.17, 15) is 14.4 Å². The highest BCUT2D eigenvalue weighted by atomic mass is 16.5. The second-order valence-corrected chi connectivity index (χ2v) is 6.66. The lowest BCUT2D eigenvalue weighted by molar-refractivity contribution is -0.134. The monoisotopic (exact) mass is 321 g/mol. The number of carbonyl (C=O) groups excluding carboxylic acids is 3. The van der Waals surface area contributed by atoms with Crippen molar-refractivity contribution >= 4 is 17.8 Å². The molecular weight excluding hydrogens is 298 g/mol. The van der Waals surface area contributed by atoms with Gasteiger partial charge in [-0.25, -0.2) is 4.79 Å². The Morgan fingerprint density at radius 3 is 2.04 bits per heavy atom. The van der Waals surface area contributed by atoms with E-state index >= 15 is 0 Å². The molecule has 2 aliphatic rings. The quantitative estimate of drug-likeness (QED) is 0.567. The third kappa shape index (κ3) is 2.83. The molecule has 0 spiro atoms. The number of barbiturate groups is 1. The molecule has 2 heterocycles. The van der Waals surface area contributed by atoms with Crippen molar-refractivity contribution in [2.75, 3.05) is 20.7 Å². The second kappa shape index (κ2) is 5.72. The lowest BCUT2D eigenvalue weighted by atomic mass is 10.0. The van der Waals surface area contributed by atoms with Gasteiger partial charge in [-0.3, -0.25) is 19.4 Å². The molecule has 4 amide bonds. The van der Waals surface area contributed by atoms with Crippen molar-refractivity contribution in [3.8, 4) is 0 Å². The summed E-state index contributed by atoms with van der Waals surface area (Å²) in [6.07, 6.45) is 3.05. The molecule has 126 valence electrons. The molecule has 0 saturated carbocycles. The van der Waals surface area contributed by atoms with Gasteiger partial charge in [-0.15, -0.1) is 0 Å². The number of likely N-dealkylation sites (N-methyl/N-ethyl adjacent to an activating group) is 2. The third-order valence-corrected chi connectivity index (χ3v) is 4.02. The zero-order chi connectivity index (χ0) is 17.5. The van der Waals surface area contributed by atoms with Crippen molar-refractivity contribution < 1.29 is 19.1 Å². The van der Waals surface area contributed by atoms with Crippen LogP contribution < -0.4 is 0 Å². The van der Waals surface area contributed by atoms with Crippen molar-refractivity contribution in [1.29, 1.82) is 0 Å². The molecule has 2 aliphatic heterocycles. The summed E-state index contributed by atoms with van der Waals surface area (Å²) in [4.78, 5) is 39.9. The van der Waals surface area contributed by atoms with E-state index in [-0.39, 0.29) is 17.2 Å². The first kappa shape index (κ1) is 17.1. The highest BCUT2D eigenvalue weighted by Gasteiger charge is 2.40. The summed E-state index contributed by atoms with van der Waals surface area (Å²) in [7, 11) is 2.70. The molecule has 23 heavy (non-hydrogen) atoms. The normalized spacial score (nSPS) is 23.3. The molecule has 7 nitrogen and oxygen atoms in total. The van der Waals surface area contributed by atoms with Crippen LogP contribution in [0, 0.1) is 0 Å². The van der Waals surface area contributed by atoms with Crippen LogP contribution in [-0.4, -0.2) is 64.8 Å². The molecule has 2 rings (SSSR count). The smallest absolute Gasteiger partial charge is 0.333 e. The lowest BCUT2D eigenvalue weighted by Gasteiger charge is -2.34. The number of allylic oxidation sites excluding steroid dienone is 2. The van der Waals surface area contributed by atoms with Crippen molar-refractivity contribution in [2.24, 2.45) is 0 Å². The number of hydrogen-bond acceptors (Lipinski definition) is 5. The molecule has 0 atom stereocenters. The van der Waals surface area contributed by atoms with Crippen LogP contribution in [0.1, 0.15) is 27.7 Å². The minimum absolute atomic E-state index is 0.0564. The van der Waals surface area contributed by atoms with E-state index in [4.69, 9.17) is 4.74 Å². The minimum atomic E-state index is -0.633. The maximum Gasteiger partial charge on any atom is 0.333 e. The van der Waals surface area contributed by atoms with Crippen LogP contribution in [0.15, 0.2) is 23.6 Å².